The van der Waals surface area contributed by atoms with E-state index in [9.17, 15) is 41.0 Å². The Morgan fingerprint density at radius 1 is 1.05 bits per heavy atom. The van der Waals surface area contributed by atoms with Gasteiger partial charge in [0.15, 0.2) is 6.04 Å². The first-order valence-electron chi connectivity index (χ1n) is 11.4. The first kappa shape index (κ1) is 28.1. The fraction of sp³-hybridized carbons (Fsp3) is 0.385. The van der Waals surface area contributed by atoms with Crippen LogP contribution in [-0.4, -0.2) is 33.7 Å². The van der Waals surface area contributed by atoms with Crippen molar-refractivity contribution in [3.63, 3.8) is 0 Å². The van der Waals surface area contributed by atoms with Crippen LogP contribution in [0.5, 0.6) is 0 Å². The zero-order valence-corrected chi connectivity index (χ0v) is 20.2. The molecule has 0 radical (unpaired) electrons. The third-order valence-corrected chi connectivity index (χ3v) is 6.04. The molecule has 1 aliphatic carbocycles. The van der Waals surface area contributed by atoms with Crippen LogP contribution in [0, 0.1) is 0 Å². The Labute approximate surface area is 209 Å². The summed E-state index contributed by atoms with van der Waals surface area (Å²) >= 11 is 0. The Balaban J connectivity index is 1.78. The average Bonchev–Trinajstić information content (AvgIpc) is 3.16. The Morgan fingerprint density at radius 2 is 1.73 bits per heavy atom. The highest BCUT2D eigenvalue weighted by Crippen LogP contribution is 2.40. The maximum atomic E-state index is 13.6. The van der Waals surface area contributed by atoms with Gasteiger partial charge in [0.2, 0.25) is 5.91 Å². The predicted octanol–water partition coefficient (Wildman–Crippen LogP) is 6.90. The maximum Gasteiger partial charge on any atom is 0.416 e. The van der Waals surface area contributed by atoms with Crippen LogP contribution in [0.1, 0.15) is 67.1 Å². The number of fused-ring (bicyclic) bond motifs is 1. The van der Waals surface area contributed by atoms with E-state index in [1.165, 1.54) is 11.0 Å². The van der Waals surface area contributed by atoms with Crippen LogP contribution in [-0.2, 0) is 17.4 Å². The normalized spacial score (nSPS) is 16.9. The van der Waals surface area contributed by atoms with Crippen molar-refractivity contribution in [1.29, 1.82) is 0 Å². The van der Waals surface area contributed by atoms with E-state index in [0.717, 1.165) is 29.3 Å². The molecule has 0 saturated heterocycles. The van der Waals surface area contributed by atoms with E-state index in [4.69, 9.17) is 0 Å². The highest BCUT2D eigenvalue weighted by molar-refractivity contribution is 5.92. The lowest BCUT2D eigenvalue weighted by molar-refractivity contribution is -0.162. The number of halogens is 6. The number of hydrogen-bond acceptors (Lipinski definition) is 2. The van der Waals surface area contributed by atoms with Gasteiger partial charge in [-0.3, -0.25) is 9.69 Å². The molecule has 0 bridgehead atoms. The number of nitrogens with zero attached hydrogens (tertiary/aromatic N) is 1. The third kappa shape index (κ3) is 6.64. The van der Waals surface area contributed by atoms with Crippen LogP contribution in [0.25, 0.3) is 6.08 Å². The van der Waals surface area contributed by atoms with Crippen LogP contribution < -0.4 is 5.32 Å². The van der Waals surface area contributed by atoms with Gasteiger partial charge < -0.3 is 10.4 Å². The zero-order valence-electron chi connectivity index (χ0n) is 20.2. The molecule has 2 atom stereocenters. The molecule has 0 heterocycles. The Morgan fingerprint density at radius 3 is 2.30 bits per heavy atom. The van der Waals surface area contributed by atoms with Crippen molar-refractivity contribution in [1.82, 2.24) is 10.2 Å². The van der Waals surface area contributed by atoms with Gasteiger partial charge in [0.25, 0.3) is 0 Å². The van der Waals surface area contributed by atoms with Crippen molar-refractivity contribution >= 4 is 18.1 Å². The van der Waals surface area contributed by atoms with E-state index in [-0.39, 0.29) is 6.04 Å². The third-order valence-electron chi connectivity index (χ3n) is 6.04. The largest absolute Gasteiger partial charge is 0.465 e. The summed E-state index contributed by atoms with van der Waals surface area (Å²) in [5.74, 6) is -1.14. The number of carboxylic acid groups (broad SMARTS) is 1. The molecule has 11 heteroatoms. The van der Waals surface area contributed by atoms with E-state index in [2.05, 4.69) is 0 Å². The predicted molar refractivity (Wildman–Crippen MR) is 125 cm³/mol. The van der Waals surface area contributed by atoms with Gasteiger partial charge in [-0.2, -0.15) is 26.3 Å². The summed E-state index contributed by atoms with van der Waals surface area (Å²) in [6.07, 6.45) is -7.60. The van der Waals surface area contributed by atoms with E-state index < -0.39 is 47.1 Å². The molecule has 0 aliphatic heterocycles. The molecule has 5 nitrogen and oxygen atoms in total. The number of nitrogens with one attached hydrogen (secondary N) is 1. The lowest BCUT2D eigenvalue weighted by atomic mass is 9.98. The van der Waals surface area contributed by atoms with Crippen molar-refractivity contribution in [3.05, 3.63) is 76.4 Å². The van der Waals surface area contributed by atoms with Gasteiger partial charge in [-0.15, -0.1) is 0 Å². The van der Waals surface area contributed by atoms with E-state index in [1.807, 2.05) is 0 Å². The lowest BCUT2D eigenvalue weighted by Gasteiger charge is -2.38. The fourth-order valence-electron chi connectivity index (χ4n) is 4.49. The number of hydrogen-bond donors (Lipinski definition) is 2. The lowest BCUT2D eigenvalue weighted by Crippen LogP contribution is -2.46. The molecule has 3 rings (SSSR count). The van der Waals surface area contributed by atoms with Crippen molar-refractivity contribution in [2.75, 3.05) is 0 Å². The summed E-state index contributed by atoms with van der Waals surface area (Å²) in [5.41, 5.74) is -0.442. The summed E-state index contributed by atoms with van der Waals surface area (Å²) in [7, 11) is 0. The zero-order chi connectivity index (χ0) is 27.8. The maximum absolute atomic E-state index is 13.6. The second-order valence-electron chi connectivity index (χ2n) is 9.78. The summed E-state index contributed by atoms with van der Waals surface area (Å²) in [4.78, 5) is 25.5. The van der Waals surface area contributed by atoms with Crippen molar-refractivity contribution in [2.24, 2.45) is 0 Å². The minimum Gasteiger partial charge on any atom is -0.465 e. The standard InChI is InChI=1S/C26H26F6N2O3/c1-24(2,3)34(23(36)37)20-11-9-16-13-15(7-10-19(16)20)8-12-21(35)33-22(26(30,31)32)17-5-4-6-18(14-17)25(27,28)29/h4-8,10,12-14,20,22H,9,11H2,1-3H3,(H,33,35)(H,36,37). The summed E-state index contributed by atoms with van der Waals surface area (Å²) in [5, 5.41) is 11.4. The first-order valence-corrected chi connectivity index (χ1v) is 11.4. The molecule has 37 heavy (non-hydrogen) atoms. The topological polar surface area (TPSA) is 69.6 Å². The van der Waals surface area contributed by atoms with Crippen molar-refractivity contribution in [2.45, 2.75) is 63.6 Å². The molecule has 2 aromatic carbocycles. The summed E-state index contributed by atoms with van der Waals surface area (Å²) in [6, 6.07) is 4.82. The molecular weight excluding hydrogens is 502 g/mol. The summed E-state index contributed by atoms with van der Waals surface area (Å²) in [6.45, 7) is 5.38. The molecule has 2 amide bonds. The second-order valence-corrected chi connectivity index (χ2v) is 9.78. The number of alkyl halides is 6. The molecule has 2 N–H and O–H groups in total. The first-order chi connectivity index (χ1) is 17.0. The molecule has 2 unspecified atom stereocenters. The number of rotatable bonds is 5. The highest BCUT2D eigenvalue weighted by atomic mass is 19.4. The van der Waals surface area contributed by atoms with Gasteiger partial charge in [0, 0.05) is 11.6 Å². The quantitative estimate of drug-likeness (QED) is 0.328. The number of benzene rings is 2. The smallest absolute Gasteiger partial charge is 0.416 e. The van der Waals surface area contributed by atoms with E-state index in [0.29, 0.717) is 30.5 Å². The molecule has 0 fully saturated rings. The molecule has 0 saturated carbocycles. The minimum absolute atomic E-state index is 0.353. The molecule has 0 spiro atoms. The number of carbonyl (C=O) groups excluding carboxylic acids is 1. The molecule has 1 aliphatic rings. The van der Waals surface area contributed by atoms with Crippen LogP contribution >= 0.6 is 0 Å². The van der Waals surface area contributed by atoms with Gasteiger partial charge in [-0.1, -0.05) is 30.3 Å². The SMILES string of the molecule is CC(C)(C)N(C(=O)O)C1CCc2cc(C=CC(=O)NC(c3cccc(C(F)(F)F)c3)C(F)(F)F)ccc21. The van der Waals surface area contributed by atoms with Gasteiger partial charge in [-0.25, -0.2) is 4.79 Å². The van der Waals surface area contributed by atoms with Crippen LogP contribution in [0.2, 0.25) is 0 Å². The average molecular weight is 528 g/mol. The molecule has 0 aromatic heterocycles. The molecular formula is C26H26F6N2O3. The Kier molecular flexibility index (Phi) is 7.67. The monoisotopic (exact) mass is 528 g/mol. The number of aryl methyl sites for hydroxylation is 1. The van der Waals surface area contributed by atoms with Crippen molar-refractivity contribution < 1.29 is 41.0 Å². The van der Waals surface area contributed by atoms with Gasteiger partial charge in [0.05, 0.1) is 11.6 Å². The van der Waals surface area contributed by atoms with E-state index in [1.54, 1.807) is 44.3 Å². The summed E-state index contributed by atoms with van der Waals surface area (Å²) < 4.78 is 79.6. The van der Waals surface area contributed by atoms with Crippen LogP contribution in [0.15, 0.2) is 48.5 Å². The number of carbonyl (C=O) groups is 2. The molecule has 2 aromatic rings. The minimum atomic E-state index is -5.03. The van der Waals surface area contributed by atoms with Crippen molar-refractivity contribution in [3.8, 4) is 0 Å². The Hall–Kier alpha value is -3.50. The number of amides is 2. The molecule has 200 valence electrons. The second kappa shape index (κ2) is 10.1. The van der Waals surface area contributed by atoms with Crippen LogP contribution in [0.3, 0.4) is 0 Å². The highest BCUT2D eigenvalue weighted by Gasteiger charge is 2.43. The van der Waals surface area contributed by atoms with Crippen LogP contribution in [0.4, 0.5) is 31.1 Å². The van der Waals surface area contributed by atoms with Gasteiger partial charge in [0.1, 0.15) is 0 Å². The van der Waals surface area contributed by atoms with Gasteiger partial charge in [-0.05, 0) is 74.1 Å². The fourth-order valence-corrected chi connectivity index (χ4v) is 4.49. The Bertz CT molecular complexity index is 1200. The van der Waals surface area contributed by atoms with E-state index >= 15 is 0 Å². The van der Waals surface area contributed by atoms with Gasteiger partial charge >= 0.3 is 18.4 Å².